The van der Waals surface area contributed by atoms with E-state index in [0.29, 0.717) is 5.82 Å². The van der Waals surface area contributed by atoms with Crippen molar-refractivity contribution in [2.75, 3.05) is 0 Å². The van der Waals surface area contributed by atoms with Gasteiger partial charge in [-0.1, -0.05) is 176 Å². The lowest BCUT2D eigenvalue weighted by molar-refractivity contribution is 1.18. The lowest BCUT2D eigenvalue weighted by Gasteiger charge is -2.17. The van der Waals surface area contributed by atoms with Gasteiger partial charge in [0.1, 0.15) is 0 Å². The number of aromatic nitrogens is 3. The maximum atomic E-state index is 5.43. The fourth-order valence-corrected chi connectivity index (χ4v) is 10.3. The molecular formula is C58H37N3S. The van der Waals surface area contributed by atoms with E-state index in [9.17, 15) is 0 Å². The van der Waals surface area contributed by atoms with Gasteiger partial charge in [0.2, 0.25) is 0 Å². The van der Waals surface area contributed by atoms with E-state index in [-0.39, 0.29) is 0 Å². The Morgan fingerprint density at radius 1 is 0.323 bits per heavy atom. The SMILES string of the molecule is c1ccc(-c2cc(-c3cc(-c4ccccc4-c4ccccc4)ccc3-c3cccc4sc5cc6c(cc5c34)c3ccccc3n6-c3ccccc3)nc(-c3ccccc3)n2)cc1. The lowest BCUT2D eigenvalue weighted by atomic mass is 9.88. The average molecular weight is 808 g/mol. The third-order valence-corrected chi connectivity index (χ3v) is 13.2. The minimum Gasteiger partial charge on any atom is -0.309 e. The first-order valence-corrected chi connectivity index (χ1v) is 21.8. The molecule has 290 valence electrons. The second kappa shape index (κ2) is 15.0. The lowest BCUT2D eigenvalue weighted by Crippen LogP contribution is -1.98. The first-order valence-electron chi connectivity index (χ1n) is 21.0. The first kappa shape index (κ1) is 36.0. The standard InChI is InChI=1S/C58H37N3S/c1-5-18-38(19-6-1)43-26-13-14-27-44(43)41-32-33-45(48(34-41)52-36-51(39-20-7-2-8-21-39)59-58(60-52)40-22-9-3-10-23-40)47-29-17-31-55-57(47)50-35-49-46-28-15-16-30-53(46)61(42-24-11-4-12-25-42)54(49)37-56(50)62-55/h1-37H. The highest BCUT2D eigenvalue weighted by atomic mass is 32.1. The van der Waals surface area contributed by atoms with Crippen LogP contribution in [-0.2, 0) is 0 Å². The van der Waals surface area contributed by atoms with Gasteiger partial charge in [0.15, 0.2) is 5.82 Å². The minimum absolute atomic E-state index is 0.694. The van der Waals surface area contributed by atoms with Crippen molar-refractivity contribution in [3.05, 3.63) is 224 Å². The molecule has 0 aliphatic heterocycles. The summed E-state index contributed by atoms with van der Waals surface area (Å²) in [5.74, 6) is 0.694. The Kier molecular flexibility index (Phi) is 8.68. The van der Waals surface area contributed by atoms with E-state index in [2.05, 4.69) is 223 Å². The van der Waals surface area contributed by atoms with Gasteiger partial charge in [-0.2, -0.15) is 0 Å². The third-order valence-electron chi connectivity index (χ3n) is 12.0. The van der Waals surface area contributed by atoms with Gasteiger partial charge in [-0.3, -0.25) is 0 Å². The molecule has 0 saturated carbocycles. The maximum Gasteiger partial charge on any atom is 0.160 e. The molecule has 0 saturated heterocycles. The Hall–Kier alpha value is -7.92. The quantitative estimate of drug-likeness (QED) is 0.161. The highest BCUT2D eigenvalue weighted by Gasteiger charge is 2.21. The summed E-state index contributed by atoms with van der Waals surface area (Å²) in [7, 11) is 0. The summed E-state index contributed by atoms with van der Waals surface area (Å²) in [6.45, 7) is 0. The molecule has 12 rings (SSSR count). The molecule has 4 heteroatoms. The predicted octanol–water partition coefficient (Wildman–Crippen LogP) is 15.9. The summed E-state index contributed by atoms with van der Waals surface area (Å²) < 4.78 is 4.92. The van der Waals surface area contributed by atoms with Crippen LogP contribution in [0.15, 0.2) is 224 Å². The van der Waals surface area contributed by atoms with Gasteiger partial charge in [0.25, 0.3) is 0 Å². The Balaban J connectivity index is 1.14. The fourth-order valence-electron chi connectivity index (χ4n) is 9.19. The van der Waals surface area contributed by atoms with Gasteiger partial charge in [0, 0.05) is 53.3 Å². The van der Waals surface area contributed by atoms with Crippen molar-refractivity contribution >= 4 is 53.3 Å². The number of benzene rings is 9. The van der Waals surface area contributed by atoms with Crippen LogP contribution in [0.1, 0.15) is 0 Å². The number of hydrogen-bond donors (Lipinski definition) is 0. The molecule has 0 aliphatic rings. The number of hydrogen-bond acceptors (Lipinski definition) is 3. The molecule has 0 atom stereocenters. The van der Waals surface area contributed by atoms with Crippen LogP contribution in [0.5, 0.6) is 0 Å². The van der Waals surface area contributed by atoms with Crippen molar-refractivity contribution in [1.82, 2.24) is 14.5 Å². The van der Waals surface area contributed by atoms with Crippen molar-refractivity contribution in [3.8, 4) is 73.0 Å². The Labute approximate surface area is 363 Å². The normalized spacial score (nSPS) is 11.5. The van der Waals surface area contributed by atoms with Crippen molar-refractivity contribution < 1.29 is 0 Å². The molecule has 3 heterocycles. The van der Waals surface area contributed by atoms with E-state index in [0.717, 1.165) is 44.9 Å². The number of fused-ring (bicyclic) bond motifs is 6. The summed E-state index contributed by atoms with van der Waals surface area (Å²) in [5, 5.41) is 5.00. The molecular weight excluding hydrogens is 771 g/mol. The molecule has 0 spiro atoms. The third kappa shape index (κ3) is 6.11. The molecule has 12 aromatic rings. The van der Waals surface area contributed by atoms with Gasteiger partial charge >= 0.3 is 0 Å². The Morgan fingerprint density at radius 2 is 0.935 bits per heavy atom. The van der Waals surface area contributed by atoms with E-state index in [1.165, 1.54) is 64.2 Å². The molecule has 9 aromatic carbocycles. The Bertz CT molecular complexity index is 3550. The average Bonchev–Trinajstić information content (AvgIpc) is 3.89. The molecule has 0 amide bonds. The second-order valence-electron chi connectivity index (χ2n) is 15.7. The van der Waals surface area contributed by atoms with Crippen molar-refractivity contribution in [2.24, 2.45) is 0 Å². The van der Waals surface area contributed by atoms with Crippen LogP contribution in [0.2, 0.25) is 0 Å². The van der Waals surface area contributed by atoms with E-state index < -0.39 is 0 Å². The van der Waals surface area contributed by atoms with Crippen LogP contribution in [0.3, 0.4) is 0 Å². The molecule has 3 nitrogen and oxygen atoms in total. The molecule has 0 unspecified atom stereocenters. The van der Waals surface area contributed by atoms with E-state index in [4.69, 9.17) is 9.97 Å². The highest BCUT2D eigenvalue weighted by Crippen LogP contribution is 2.47. The molecule has 0 fully saturated rings. The fraction of sp³-hybridized carbons (Fsp3) is 0. The van der Waals surface area contributed by atoms with Crippen molar-refractivity contribution in [1.29, 1.82) is 0 Å². The van der Waals surface area contributed by atoms with E-state index in [1.807, 2.05) is 17.4 Å². The van der Waals surface area contributed by atoms with Gasteiger partial charge in [-0.05, 0) is 81.9 Å². The molecule has 0 radical (unpaired) electrons. The van der Waals surface area contributed by atoms with Crippen LogP contribution in [-0.4, -0.2) is 14.5 Å². The van der Waals surface area contributed by atoms with E-state index in [1.54, 1.807) is 0 Å². The molecule has 0 bridgehead atoms. The topological polar surface area (TPSA) is 30.7 Å². The summed E-state index contributed by atoms with van der Waals surface area (Å²) in [5.41, 5.74) is 15.4. The molecule has 0 aliphatic carbocycles. The van der Waals surface area contributed by atoms with Crippen LogP contribution < -0.4 is 0 Å². The Morgan fingerprint density at radius 3 is 1.69 bits per heavy atom. The molecule has 3 aromatic heterocycles. The largest absolute Gasteiger partial charge is 0.309 e. The molecule has 62 heavy (non-hydrogen) atoms. The number of thiophene rings is 1. The highest BCUT2D eigenvalue weighted by molar-refractivity contribution is 7.26. The zero-order chi connectivity index (χ0) is 41.0. The number of para-hydroxylation sites is 2. The minimum atomic E-state index is 0.694. The van der Waals surface area contributed by atoms with Crippen molar-refractivity contribution in [3.63, 3.8) is 0 Å². The predicted molar refractivity (Wildman–Crippen MR) is 262 cm³/mol. The van der Waals surface area contributed by atoms with Gasteiger partial charge in [-0.15, -0.1) is 11.3 Å². The zero-order valence-corrected chi connectivity index (χ0v) is 34.4. The van der Waals surface area contributed by atoms with Crippen LogP contribution in [0.25, 0.3) is 115 Å². The van der Waals surface area contributed by atoms with E-state index >= 15 is 0 Å². The monoisotopic (exact) mass is 807 g/mol. The van der Waals surface area contributed by atoms with Crippen molar-refractivity contribution in [2.45, 2.75) is 0 Å². The van der Waals surface area contributed by atoms with Gasteiger partial charge in [0.05, 0.1) is 22.4 Å². The number of rotatable bonds is 7. The maximum absolute atomic E-state index is 5.43. The first-order chi connectivity index (χ1) is 30.7. The summed E-state index contributed by atoms with van der Waals surface area (Å²) >= 11 is 1.86. The zero-order valence-electron chi connectivity index (χ0n) is 33.6. The smallest absolute Gasteiger partial charge is 0.160 e. The van der Waals surface area contributed by atoms with Crippen LogP contribution >= 0.6 is 11.3 Å². The summed E-state index contributed by atoms with van der Waals surface area (Å²) in [6, 6.07) is 80.4. The molecule has 0 N–H and O–H groups in total. The van der Waals surface area contributed by atoms with Crippen LogP contribution in [0.4, 0.5) is 0 Å². The second-order valence-corrected chi connectivity index (χ2v) is 16.8. The number of nitrogens with zero attached hydrogens (tertiary/aromatic N) is 3. The van der Waals surface area contributed by atoms with Gasteiger partial charge in [-0.25, -0.2) is 9.97 Å². The van der Waals surface area contributed by atoms with Crippen LogP contribution in [0, 0.1) is 0 Å². The summed E-state index contributed by atoms with van der Waals surface area (Å²) in [6.07, 6.45) is 0. The summed E-state index contributed by atoms with van der Waals surface area (Å²) in [4.78, 5) is 10.6. The van der Waals surface area contributed by atoms with Gasteiger partial charge < -0.3 is 4.57 Å².